The van der Waals surface area contributed by atoms with Crippen molar-refractivity contribution in [3.8, 4) is 0 Å². The molecule has 0 spiro atoms. The Bertz CT molecular complexity index is 551. The normalized spacial score (nSPS) is 16.3. The van der Waals surface area contributed by atoms with Crippen LogP contribution >= 0.6 is 0 Å². The van der Waals surface area contributed by atoms with E-state index in [2.05, 4.69) is 19.2 Å². The Labute approximate surface area is 138 Å². The third kappa shape index (κ3) is 4.79. The molecule has 1 heterocycles. The van der Waals surface area contributed by atoms with Gasteiger partial charge in [0.15, 0.2) is 0 Å². The van der Waals surface area contributed by atoms with E-state index in [0.29, 0.717) is 44.2 Å². The van der Waals surface area contributed by atoms with Gasteiger partial charge in [-0.2, -0.15) is 0 Å². The third-order valence-electron chi connectivity index (χ3n) is 4.02. The molecule has 2 amide bonds. The number of carbonyl (C=O) groups is 2. The first-order valence-electron chi connectivity index (χ1n) is 8.22. The highest BCUT2D eigenvalue weighted by molar-refractivity contribution is 5.98. The molecule has 2 rings (SSSR count). The largest absolute Gasteiger partial charge is 0.378 e. The van der Waals surface area contributed by atoms with Crippen molar-refractivity contribution in [2.24, 2.45) is 5.92 Å². The van der Waals surface area contributed by atoms with Crippen molar-refractivity contribution in [1.82, 2.24) is 10.2 Å². The minimum Gasteiger partial charge on any atom is -0.378 e. The molecule has 1 aromatic carbocycles. The van der Waals surface area contributed by atoms with Crippen molar-refractivity contribution in [2.75, 3.05) is 26.3 Å². The van der Waals surface area contributed by atoms with Crippen molar-refractivity contribution >= 4 is 11.8 Å². The van der Waals surface area contributed by atoms with Crippen LogP contribution in [0.5, 0.6) is 0 Å². The van der Waals surface area contributed by atoms with Gasteiger partial charge in [-0.1, -0.05) is 32.0 Å². The second kappa shape index (κ2) is 8.11. The van der Waals surface area contributed by atoms with E-state index in [1.165, 1.54) is 0 Å². The van der Waals surface area contributed by atoms with E-state index >= 15 is 0 Å². The summed E-state index contributed by atoms with van der Waals surface area (Å²) in [6.45, 7) is 8.31. The first-order valence-corrected chi connectivity index (χ1v) is 8.22. The average Bonchev–Trinajstić information content (AvgIpc) is 2.54. The number of benzene rings is 1. The number of hydrogen-bond donors (Lipinski definition) is 1. The number of ether oxygens (including phenoxy) is 1. The molecule has 0 bridgehead atoms. The van der Waals surface area contributed by atoms with Crippen molar-refractivity contribution in [3.05, 3.63) is 35.4 Å². The Hall–Kier alpha value is -1.88. The zero-order chi connectivity index (χ0) is 16.8. The van der Waals surface area contributed by atoms with Gasteiger partial charge in [0.2, 0.25) is 5.91 Å². The van der Waals surface area contributed by atoms with Gasteiger partial charge < -0.3 is 15.0 Å². The van der Waals surface area contributed by atoms with Crippen LogP contribution in [0.1, 0.15) is 36.2 Å². The van der Waals surface area contributed by atoms with Crippen LogP contribution in [0.2, 0.25) is 0 Å². The summed E-state index contributed by atoms with van der Waals surface area (Å²) in [5.41, 5.74) is 1.53. The summed E-state index contributed by atoms with van der Waals surface area (Å²) in [4.78, 5) is 27.1. The molecular weight excluding hydrogens is 292 g/mol. The minimum atomic E-state index is -0.486. The third-order valence-corrected chi connectivity index (χ3v) is 4.02. The van der Waals surface area contributed by atoms with Crippen molar-refractivity contribution in [3.63, 3.8) is 0 Å². The van der Waals surface area contributed by atoms with Gasteiger partial charge in [0, 0.05) is 18.7 Å². The zero-order valence-electron chi connectivity index (χ0n) is 14.2. The number of amides is 2. The fourth-order valence-electron chi connectivity index (χ4n) is 2.76. The molecule has 23 heavy (non-hydrogen) atoms. The van der Waals surface area contributed by atoms with Gasteiger partial charge in [0.25, 0.3) is 5.91 Å². The molecule has 1 saturated heterocycles. The number of carbonyl (C=O) groups excluding carboxylic acids is 2. The molecule has 0 aromatic heterocycles. The smallest absolute Gasteiger partial charge is 0.252 e. The molecule has 0 saturated carbocycles. The predicted molar refractivity (Wildman–Crippen MR) is 89.3 cm³/mol. The van der Waals surface area contributed by atoms with Gasteiger partial charge >= 0.3 is 0 Å². The Morgan fingerprint density at radius 1 is 1.22 bits per heavy atom. The fourth-order valence-corrected chi connectivity index (χ4v) is 2.76. The monoisotopic (exact) mass is 318 g/mol. The lowest BCUT2D eigenvalue weighted by atomic mass is 10.0. The Morgan fingerprint density at radius 3 is 2.48 bits per heavy atom. The van der Waals surface area contributed by atoms with Gasteiger partial charge in [-0.05, 0) is 30.9 Å². The number of nitrogens with zero attached hydrogens (tertiary/aromatic N) is 1. The molecule has 0 radical (unpaired) electrons. The minimum absolute atomic E-state index is 0.0102. The van der Waals surface area contributed by atoms with Crippen LogP contribution < -0.4 is 5.32 Å². The highest BCUT2D eigenvalue weighted by Crippen LogP contribution is 2.12. The van der Waals surface area contributed by atoms with E-state index in [1.807, 2.05) is 25.1 Å². The summed E-state index contributed by atoms with van der Waals surface area (Å²) in [6.07, 6.45) is 0.633. The van der Waals surface area contributed by atoms with Gasteiger partial charge in [-0.3, -0.25) is 9.59 Å². The molecule has 1 N–H and O–H groups in total. The highest BCUT2D eigenvalue weighted by Gasteiger charge is 2.28. The Kier molecular flexibility index (Phi) is 6.16. The molecule has 1 fully saturated rings. The highest BCUT2D eigenvalue weighted by atomic mass is 16.5. The fraction of sp³-hybridized carbons (Fsp3) is 0.556. The second-order valence-corrected chi connectivity index (χ2v) is 6.41. The van der Waals surface area contributed by atoms with Crippen LogP contribution in [-0.2, 0) is 9.53 Å². The SMILES string of the molecule is Cc1ccccc1C(=O)N[C@H](CC(C)C)C(=O)N1CCOCC1. The Morgan fingerprint density at radius 2 is 1.87 bits per heavy atom. The van der Waals surface area contributed by atoms with Crippen LogP contribution in [0, 0.1) is 12.8 Å². The van der Waals surface area contributed by atoms with Gasteiger partial charge in [-0.15, -0.1) is 0 Å². The van der Waals surface area contributed by atoms with Gasteiger partial charge in [0.1, 0.15) is 6.04 Å². The van der Waals surface area contributed by atoms with Crippen molar-refractivity contribution in [1.29, 1.82) is 0 Å². The lowest BCUT2D eigenvalue weighted by Crippen LogP contribution is -2.52. The van der Waals surface area contributed by atoms with E-state index in [-0.39, 0.29) is 11.8 Å². The molecule has 5 heteroatoms. The summed E-state index contributed by atoms with van der Waals surface area (Å²) >= 11 is 0. The number of aryl methyl sites for hydroxylation is 1. The average molecular weight is 318 g/mol. The number of morpholine rings is 1. The topological polar surface area (TPSA) is 58.6 Å². The number of hydrogen-bond acceptors (Lipinski definition) is 3. The molecule has 1 aliphatic rings. The van der Waals surface area contributed by atoms with Gasteiger partial charge in [0.05, 0.1) is 13.2 Å². The maximum Gasteiger partial charge on any atom is 0.252 e. The summed E-state index contributed by atoms with van der Waals surface area (Å²) in [7, 11) is 0. The van der Waals surface area contributed by atoms with Crippen LogP contribution in [0.25, 0.3) is 0 Å². The van der Waals surface area contributed by atoms with Crippen LogP contribution in [0.15, 0.2) is 24.3 Å². The molecular formula is C18H26N2O3. The Balaban J connectivity index is 2.10. The predicted octanol–water partition coefficient (Wildman–Crippen LogP) is 2.00. The first kappa shape index (κ1) is 17.5. The van der Waals surface area contributed by atoms with Crippen LogP contribution in [0.3, 0.4) is 0 Å². The number of nitrogens with one attached hydrogen (secondary N) is 1. The maximum atomic E-state index is 12.7. The standard InChI is InChI=1S/C18H26N2O3/c1-13(2)12-16(18(22)20-8-10-23-11-9-20)19-17(21)15-7-5-4-6-14(15)3/h4-7,13,16H,8-12H2,1-3H3,(H,19,21)/t16-/m1/s1. The summed E-state index contributed by atoms with van der Waals surface area (Å²) in [6, 6.07) is 6.94. The van der Waals surface area contributed by atoms with E-state index in [4.69, 9.17) is 4.74 Å². The van der Waals surface area contributed by atoms with Crippen molar-refractivity contribution < 1.29 is 14.3 Å². The van der Waals surface area contributed by atoms with Gasteiger partial charge in [-0.25, -0.2) is 0 Å². The zero-order valence-corrected chi connectivity index (χ0v) is 14.2. The summed E-state index contributed by atoms with van der Waals surface area (Å²) in [5, 5.41) is 2.93. The second-order valence-electron chi connectivity index (χ2n) is 6.41. The van der Waals surface area contributed by atoms with E-state index in [9.17, 15) is 9.59 Å². The lowest BCUT2D eigenvalue weighted by Gasteiger charge is -2.31. The van der Waals surface area contributed by atoms with E-state index in [0.717, 1.165) is 5.56 Å². The van der Waals surface area contributed by atoms with Crippen molar-refractivity contribution in [2.45, 2.75) is 33.2 Å². The van der Waals surface area contributed by atoms with E-state index < -0.39 is 6.04 Å². The van der Waals surface area contributed by atoms with Crippen LogP contribution in [-0.4, -0.2) is 49.1 Å². The summed E-state index contributed by atoms with van der Waals surface area (Å²) < 4.78 is 5.30. The molecule has 1 aromatic rings. The lowest BCUT2D eigenvalue weighted by molar-refractivity contribution is -0.137. The molecule has 0 aliphatic carbocycles. The molecule has 5 nitrogen and oxygen atoms in total. The first-order chi connectivity index (χ1) is 11.0. The van der Waals surface area contributed by atoms with Crippen LogP contribution in [0.4, 0.5) is 0 Å². The molecule has 126 valence electrons. The van der Waals surface area contributed by atoms with E-state index in [1.54, 1.807) is 11.0 Å². The molecule has 1 atom stereocenters. The maximum absolute atomic E-state index is 12.7. The molecule has 1 aliphatic heterocycles. The summed E-state index contributed by atoms with van der Waals surface area (Å²) in [5.74, 6) is 0.126. The molecule has 0 unspecified atom stereocenters. The number of rotatable bonds is 5. The quantitative estimate of drug-likeness (QED) is 0.903.